The molecule has 118 valence electrons. The molecule has 1 aromatic rings. The molecule has 1 N–H and O–H groups in total. The Kier molecular flexibility index (Phi) is 5.61. The van der Waals surface area contributed by atoms with Crippen LogP contribution in [0.1, 0.15) is 42.1 Å². The third kappa shape index (κ3) is 4.24. The highest BCUT2D eigenvalue weighted by Gasteiger charge is 2.39. The molecule has 2 aliphatic rings. The number of nitrogens with one attached hydrogen (secondary N) is 1. The lowest BCUT2D eigenvalue weighted by atomic mass is 9.87. The summed E-state index contributed by atoms with van der Waals surface area (Å²) in [6.45, 7) is 2.75. The molecule has 0 saturated heterocycles. The first kappa shape index (κ1) is 15.4. The van der Waals surface area contributed by atoms with E-state index in [9.17, 15) is 0 Å². The van der Waals surface area contributed by atoms with E-state index in [0.29, 0.717) is 0 Å². The lowest BCUT2D eigenvalue weighted by molar-refractivity contribution is 0.199. The maximum Gasteiger partial charge on any atom is 0.117 e. The van der Waals surface area contributed by atoms with Crippen molar-refractivity contribution in [2.75, 3.05) is 26.8 Å². The Bertz CT molecular complexity index is 437. The normalized spacial score (nSPS) is 27.6. The van der Waals surface area contributed by atoms with Crippen molar-refractivity contribution >= 4 is 11.3 Å². The van der Waals surface area contributed by atoms with E-state index < -0.39 is 0 Å². The summed E-state index contributed by atoms with van der Waals surface area (Å²) in [4.78, 5) is 0. The predicted octanol–water partition coefficient (Wildman–Crippen LogP) is 2.69. The zero-order valence-electron chi connectivity index (χ0n) is 13.0. The van der Waals surface area contributed by atoms with Crippen LogP contribution in [0.4, 0.5) is 0 Å². The van der Waals surface area contributed by atoms with Crippen molar-refractivity contribution in [2.24, 2.45) is 17.8 Å². The Labute approximate surface area is 131 Å². The SMILES string of the molecule is COCCNCCCc1nnc(CC2CC3CCC2C3)s1. The summed E-state index contributed by atoms with van der Waals surface area (Å²) in [7, 11) is 1.74. The fraction of sp³-hybridized carbons (Fsp3) is 0.875. The topological polar surface area (TPSA) is 47.0 Å². The predicted molar refractivity (Wildman–Crippen MR) is 85.6 cm³/mol. The number of methoxy groups -OCH3 is 1. The summed E-state index contributed by atoms with van der Waals surface area (Å²) >= 11 is 1.84. The van der Waals surface area contributed by atoms with Crippen LogP contribution in [0.15, 0.2) is 0 Å². The number of rotatable bonds is 9. The van der Waals surface area contributed by atoms with Crippen molar-refractivity contribution in [1.29, 1.82) is 0 Å². The number of hydrogen-bond donors (Lipinski definition) is 1. The van der Waals surface area contributed by atoms with Crippen molar-refractivity contribution in [3.05, 3.63) is 10.0 Å². The first-order valence-corrected chi connectivity index (χ1v) is 9.17. The van der Waals surface area contributed by atoms with Gasteiger partial charge in [0, 0.05) is 26.5 Å². The molecule has 5 heteroatoms. The smallest absolute Gasteiger partial charge is 0.117 e. The Hall–Kier alpha value is -0.520. The van der Waals surface area contributed by atoms with Crippen LogP contribution in [-0.4, -0.2) is 37.0 Å². The highest BCUT2D eigenvalue weighted by molar-refractivity contribution is 7.11. The Morgan fingerprint density at radius 3 is 2.86 bits per heavy atom. The molecule has 1 aromatic heterocycles. The van der Waals surface area contributed by atoms with Crippen LogP contribution in [-0.2, 0) is 17.6 Å². The van der Waals surface area contributed by atoms with Crippen LogP contribution < -0.4 is 5.32 Å². The van der Waals surface area contributed by atoms with Gasteiger partial charge < -0.3 is 10.1 Å². The van der Waals surface area contributed by atoms with Gasteiger partial charge in [0.1, 0.15) is 10.0 Å². The second kappa shape index (κ2) is 7.65. The zero-order valence-corrected chi connectivity index (χ0v) is 13.8. The number of aryl methyl sites for hydroxylation is 1. The molecule has 2 saturated carbocycles. The summed E-state index contributed by atoms with van der Waals surface area (Å²) < 4.78 is 5.01. The van der Waals surface area contributed by atoms with Crippen LogP contribution in [0.5, 0.6) is 0 Å². The monoisotopic (exact) mass is 309 g/mol. The first-order valence-electron chi connectivity index (χ1n) is 8.36. The summed E-state index contributed by atoms with van der Waals surface area (Å²) in [6, 6.07) is 0. The second-order valence-corrected chi connectivity index (χ2v) is 7.72. The molecule has 21 heavy (non-hydrogen) atoms. The van der Waals surface area contributed by atoms with Gasteiger partial charge in [-0.15, -0.1) is 21.5 Å². The molecule has 2 fully saturated rings. The van der Waals surface area contributed by atoms with Crippen molar-refractivity contribution < 1.29 is 4.74 Å². The minimum atomic E-state index is 0.784. The Morgan fingerprint density at radius 1 is 1.19 bits per heavy atom. The van der Waals surface area contributed by atoms with Gasteiger partial charge in [-0.1, -0.05) is 6.42 Å². The molecule has 3 atom stereocenters. The number of nitrogens with zero attached hydrogens (tertiary/aromatic N) is 2. The van der Waals surface area contributed by atoms with Gasteiger partial charge in [-0.3, -0.25) is 0 Å². The third-order valence-electron chi connectivity index (χ3n) is 5.06. The van der Waals surface area contributed by atoms with E-state index in [1.807, 2.05) is 11.3 Å². The molecule has 0 spiro atoms. The number of ether oxygens (including phenoxy) is 1. The maximum atomic E-state index is 5.01. The van der Waals surface area contributed by atoms with E-state index >= 15 is 0 Å². The van der Waals surface area contributed by atoms with Crippen LogP contribution in [0.25, 0.3) is 0 Å². The Balaban J connectivity index is 1.36. The molecule has 1 heterocycles. The van der Waals surface area contributed by atoms with Crippen LogP contribution in [0.3, 0.4) is 0 Å². The molecular formula is C16H27N3OS. The van der Waals surface area contributed by atoms with Gasteiger partial charge in [0.05, 0.1) is 6.61 Å². The van der Waals surface area contributed by atoms with Crippen LogP contribution >= 0.6 is 11.3 Å². The average molecular weight is 309 g/mol. The third-order valence-corrected chi connectivity index (χ3v) is 6.06. The van der Waals surface area contributed by atoms with Crippen molar-refractivity contribution in [3.8, 4) is 0 Å². The number of hydrogen-bond acceptors (Lipinski definition) is 5. The summed E-state index contributed by atoms with van der Waals surface area (Å²) in [5.41, 5.74) is 0. The van der Waals surface area contributed by atoms with Gasteiger partial charge in [-0.05, 0) is 50.0 Å². The summed E-state index contributed by atoms with van der Waals surface area (Å²) in [5, 5.41) is 14.6. The minimum absolute atomic E-state index is 0.784. The Morgan fingerprint density at radius 2 is 2.10 bits per heavy atom. The quantitative estimate of drug-likeness (QED) is 0.713. The standard InChI is InChI=1S/C16H27N3OS/c1-20-8-7-17-6-2-3-15-18-19-16(21-15)11-14-10-12-4-5-13(14)9-12/h12-14,17H,2-11H2,1H3. The minimum Gasteiger partial charge on any atom is -0.383 e. The van der Waals surface area contributed by atoms with Gasteiger partial charge in [0.15, 0.2) is 0 Å². The lowest BCUT2D eigenvalue weighted by Crippen LogP contribution is -2.20. The summed E-state index contributed by atoms with van der Waals surface area (Å²) in [5.74, 6) is 2.93. The fourth-order valence-electron chi connectivity index (χ4n) is 3.99. The van der Waals surface area contributed by atoms with Gasteiger partial charge in [0.25, 0.3) is 0 Å². The highest BCUT2D eigenvalue weighted by atomic mass is 32.1. The largest absolute Gasteiger partial charge is 0.383 e. The molecular weight excluding hydrogens is 282 g/mol. The summed E-state index contributed by atoms with van der Waals surface area (Å²) in [6.07, 6.45) is 9.25. The highest BCUT2D eigenvalue weighted by Crippen LogP contribution is 2.49. The van der Waals surface area contributed by atoms with Gasteiger partial charge in [-0.25, -0.2) is 0 Å². The molecule has 0 radical (unpaired) electrons. The average Bonchev–Trinajstić information content (AvgIpc) is 3.20. The van der Waals surface area contributed by atoms with Crippen LogP contribution in [0, 0.1) is 17.8 Å². The molecule has 3 unspecified atom stereocenters. The van der Waals surface area contributed by atoms with Gasteiger partial charge >= 0.3 is 0 Å². The van der Waals surface area contributed by atoms with E-state index in [4.69, 9.17) is 4.74 Å². The lowest BCUT2D eigenvalue weighted by Gasteiger charge is -2.19. The second-order valence-electron chi connectivity index (χ2n) is 6.57. The molecule has 0 aliphatic heterocycles. The van der Waals surface area contributed by atoms with Crippen molar-refractivity contribution in [1.82, 2.24) is 15.5 Å². The number of fused-ring (bicyclic) bond motifs is 2. The molecule has 0 amide bonds. The maximum absolute atomic E-state index is 5.01. The molecule has 3 rings (SSSR count). The number of aromatic nitrogens is 2. The van der Waals surface area contributed by atoms with E-state index in [1.165, 1.54) is 42.1 Å². The van der Waals surface area contributed by atoms with E-state index in [2.05, 4.69) is 15.5 Å². The van der Waals surface area contributed by atoms with Crippen LogP contribution in [0.2, 0.25) is 0 Å². The molecule has 2 bridgehead atoms. The van der Waals surface area contributed by atoms with Gasteiger partial charge in [0.2, 0.25) is 0 Å². The molecule has 4 nitrogen and oxygen atoms in total. The van der Waals surface area contributed by atoms with E-state index in [0.717, 1.165) is 50.3 Å². The first-order chi connectivity index (χ1) is 10.3. The van der Waals surface area contributed by atoms with Crippen molar-refractivity contribution in [3.63, 3.8) is 0 Å². The fourth-order valence-corrected chi connectivity index (χ4v) is 4.97. The van der Waals surface area contributed by atoms with E-state index in [1.54, 1.807) is 7.11 Å². The van der Waals surface area contributed by atoms with E-state index in [-0.39, 0.29) is 0 Å². The zero-order chi connectivity index (χ0) is 14.5. The molecule has 0 aromatic carbocycles. The molecule has 2 aliphatic carbocycles. The van der Waals surface area contributed by atoms with Crippen molar-refractivity contribution in [2.45, 2.75) is 44.9 Å². The van der Waals surface area contributed by atoms with Gasteiger partial charge in [-0.2, -0.15) is 0 Å².